The van der Waals surface area contributed by atoms with Crippen LogP contribution in [0.15, 0.2) is 11.7 Å². The lowest BCUT2D eigenvalue weighted by molar-refractivity contribution is 0.211. The van der Waals surface area contributed by atoms with Crippen molar-refractivity contribution in [2.75, 3.05) is 25.6 Å². The molecule has 0 spiro atoms. The molecule has 2 aromatic heterocycles. The zero-order valence-electron chi connectivity index (χ0n) is 8.14. The predicted molar refractivity (Wildman–Crippen MR) is 61.4 cm³/mol. The number of hydrogen-bond donors (Lipinski definition) is 1. The average molecular weight is 242 g/mol. The minimum absolute atomic E-state index is 0.662. The fourth-order valence-corrected chi connectivity index (χ4v) is 2.42. The molecule has 15 heavy (non-hydrogen) atoms. The average Bonchev–Trinajstić information content (AvgIpc) is 2.87. The first kappa shape index (κ1) is 10.5. The monoisotopic (exact) mass is 242 g/mol. The zero-order chi connectivity index (χ0) is 10.5. The number of ether oxygens (including phenoxy) is 1. The van der Waals surface area contributed by atoms with Gasteiger partial charge in [-0.25, -0.2) is 0 Å². The molecule has 80 valence electrons. The molecule has 0 radical (unpaired) electrons. The maximum Gasteiger partial charge on any atom is 0.206 e. The number of nitrogens with one attached hydrogen (secondary N) is 1. The summed E-state index contributed by atoms with van der Waals surface area (Å²) < 4.78 is 4.93. The van der Waals surface area contributed by atoms with Crippen LogP contribution in [0.3, 0.4) is 0 Å². The first-order valence-electron chi connectivity index (χ1n) is 4.35. The van der Waals surface area contributed by atoms with Crippen LogP contribution in [0.2, 0.25) is 0 Å². The lowest BCUT2D eigenvalue weighted by Gasteiger charge is -1.98. The molecule has 0 aliphatic carbocycles. The molecule has 0 fully saturated rings. The van der Waals surface area contributed by atoms with E-state index in [4.69, 9.17) is 4.74 Å². The molecule has 0 atom stereocenters. The summed E-state index contributed by atoms with van der Waals surface area (Å²) in [5, 5.41) is 12.9. The summed E-state index contributed by atoms with van der Waals surface area (Å²) in [4.78, 5) is 5.05. The van der Waals surface area contributed by atoms with Gasteiger partial charge in [0.05, 0.1) is 17.0 Å². The summed E-state index contributed by atoms with van der Waals surface area (Å²) in [7, 11) is 1.67. The fraction of sp³-hybridized carbons (Fsp3) is 0.375. The molecule has 7 heteroatoms. The van der Waals surface area contributed by atoms with Crippen LogP contribution in [-0.4, -0.2) is 35.4 Å². The molecular formula is C8H10N4OS2. The topological polar surface area (TPSA) is 59.9 Å². The summed E-state index contributed by atoms with van der Waals surface area (Å²) >= 11 is 3.08. The van der Waals surface area contributed by atoms with Crippen LogP contribution >= 0.6 is 22.7 Å². The van der Waals surface area contributed by atoms with E-state index < -0.39 is 0 Å². The molecule has 2 rings (SSSR count). The molecule has 0 amide bonds. The Morgan fingerprint density at radius 3 is 3.13 bits per heavy atom. The molecule has 0 aliphatic heterocycles. The lowest BCUT2D eigenvalue weighted by Crippen LogP contribution is -2.06. The van der Waals surface area contributed by atoms with Crippen molar-refractivity contribution in [1.29, 1.82) is 0 Å². The Bertz CT molecular complexity index is 400. The van der Waals surface area contributed by atoms with E-state index >= 15 is 0 Å². The molecule has 0 saturated heterocycles. The molecule has 2 heterocycles. The second-order valence-electron chi connectivity index (χ2n) is 2.70. The van der Waals surface area contributed by atoms with E-state index in [1.807, 2.05) is 0 Å². The van der Waals surface area contributed by atoms with Gasteiger partial charge < -0.3 is 10.1 Å². The van der Waals surface area contributed by atoms with Crippen molar-refractivity contribution in [3.8, 4) is 9.88 Å². The number of thiazole rings is 1. The quantitative estimate of drug-likeness (QED) is 0.809. The minimum Gasteiger partial charge on any atom is -0.383 e. The number of anilines is 1. The van der Waals surface area contributed by atoms with Crippen molar-refractivity contribution < 1.29 is 4.74 Å². The van der Waals surface area contributed by atoms with Crippen molar-refractivity contribution in [3.63, 3.8) is 0 Å². The summed E-state index contributed by atoms with van der Waals surface area (Å²) in [5.74, 6) is 0. The van der Waals surface area contributed by atoms with Gasteiger partial charge in [0.2, 0.25) is 5.13 Å². The largest absolute Gasteiger partial charge is 0.383 e. The highest BCUT2D eigenvalue weighted by molar-refractivity contribution is 7.22. The van der Waals surface area contributed by atoms with E-state index in [1.54, 1.807) is 30.2 Å². The Kier molecular flexibility index (Phi) is 3.59. The predicted octanol–water partition coefficient (Wildman–Crippen LogP) is 1.72. The molecule has 0 unspecified atom stereocenters. The normalized spacial score (nSPS) is 10.5. The van der Waals surface area contributed by atoms with E-state index in [9.17, 15) is 0 Å². The van der Waals surface area contributed by atoms with Gasteiger partial charge in [0.15, 0.2) is 5.01 Å². The highest BCUT2D eigenvalue weighted by Gasteiger charge is 2.06. The molecule has 2 aromatic rings. The Labute approximate surface area is 95.2 Å². The Hall–Kier alpha value is -1.05. The Balaban J connectivity index is 1.98. The van der Waals surface area contributed by atoms with Crippen molar-refractivity contribution in [1.82, 2.24) is 15.2 Å². The minimum atomic E-state index is 0.662. The smallest absolute Gasteiger partial charge is 0.206 e. The third-order valence-electron chi connectivity index (χ3n) is 1.65. The standard InChI is InChI=1S/C8H10N4OS2/c1-13-3-2-10-8-12-11-7(15-8)6-4-9-5-14-6/h4-5H,2-3H2,1H3,(H,10,12). The molecule has 0 bridgehead atoms. The van der Waals surface area contributed by atoms with Gasteiger partial charge in [-0.1, -0.05) is 11.3 Å². The number of hydrogen-bond acceptors (Lipinski definition) is 7. The van der Waals surface area contributed by atoms with Crippen LogP contribution < -0.4 is 5.32 Å². The van der Waals surface area contributed by atoms with Crippen LogP contribution in [0.5, 0.6) is 0 Å². The molecular weight excluding hydrogens is 232 g/mol. The van der Waals surface area contributed by atoms with Crippen molar-refractivity contribution in [2.24, 2.45) is 0 Å². The number of nitrogens with zero attached hydrogens (tertiary/aromatic N) is 3. The number of aromatic nitrogens is 3. The number of rotatable bonds is 5. The van der Waals surface area contributed by atoms with E-state index in [0.717, 1.165) is 21.6 Å². The van der Waals surface area contributed by atoms with Crippen LogP contribution in [0.4, 0.5) is 5.13 Å². The van der Waals surface area contributed by atoms with Crippen LogP contribution in [0.25, 0.3) is 9.88 Å². The van der Waals surface area contributed by atoms with Gasteiger partial charge in [-0.05, 0) is 0 Å². The summed E-state index contributed by atoms with van der Waals surface area (Å²) in [5.41, 5.74) is 1.79. The van der Waals surface area contributed by atoms with Crippen molar-refractivity contribution >= 4 is 27.8 Å². The number of methoxy groups -OCH3 is 1. The fourth-order valence-electron chi connectivity index (χ4n) is 0.976. The SMILES string of the molecule is COCCNc1nnc(-c2cncs2)s1. The molecule has 1 N–H and O–H groups in total. The van der Waals surface area contributed by atoms with E-state index in [2.05, 4.69) is 20.5 Å². The lowest BCUT2D eigenvalue weighted by atomic mass is 10.6. The highest BCUT2D eigenvalue weighted by Crippen LogP contribution is 2.28. The van der Waals surface area contributed by atoms with Gasteiger partial charge in [-0.15, -0.1) is 21.5 Å². The maximum absolute atomic E-state index is 4.93. The van der Waals surface area contributed by atoms with Gasteiger partial charge >= 0.3 is 0 Å². The van der Waals surface area contributed by atoms with E-state index in [1.165, 1.54) is 11.3 Å². The third kappa shape index (κ3) is 2.71. The van der Waals surface area contributed by atoms with E-state index in [0.29, 0.717) is 6.61 Å². The molecule has 0 aromatic carbocycles. The summed E-state index contributed by atoms with van der Waals surface area (Å²) in [6.45, 7) is 1.41. The second kappa shape index (κ2) is 5.15. The van der Waals surface area contributed by atoms with Gasteiger partial charge in [-0.2, -0.15) is 0 Å². The first-order chi connectivity index (χ1) is 7.40. The van der Waals surface area contributed by atoms with Gasteiger partial charge in [-0.3, -0.25) is 4.98 Å². The van der Waals surface area contributed by atoms with Gasteiger partial charge in [0, 0.05) is 19.9 Å². The van der Waals surface area contributed by atoms with Crippen LogP contribution in [-0.2, 0) is 4.74 Å². The second-order valence-corrected chi connectivity index (χ2v) is 4.56. The Morgan fingerprint density at radius 2 is 2.40 bits per heavy atom. The first-order valence-corrected chi connectivity index (χ1v) is 6.05. The third-order valence-corrected chi connectivity index (χ3v) is 3.47. The van der Waals surface area contributed by atoms with Gasteiger partial charge in [0.25, 0.3) is 0 Å². The zero-order valence-corrected chi connectivity index (χ0v) is 9.77. The van der Waals surface area contributed by atoms with E-state index in [-0.39, 0.29) is 0 Å². The Morgan fingerprint density at radius 1 is 1.47 bits per heavy atom. The maximum atomic E-state index is 4.93. The molecule has 0 saturated carbocycles. The van der Waals surface area contributed by atoms with Gasteiger partial charge in [0.1, 0.15) is 0 Å². The van der Waals surface area contributed by atoms with Crippen LogP contribution in [0, 0.1) is 0 Å². The molecule has 0 aliphatic rings. The van der Waals surface area contributed by atoms with Crippen molar-refractivity contribution in [3.05, 3.63) is 11.7 Å². The summed E-state index contributed by atoms with van der Waals surface area (Å²) in [6, 6.07) is 0. The summed E-state index contributed by atoms with van der Waals surface area (Å²) in [6.07, 6.45) is 1.80. The highest BCUT2D eigenvalue weighted by atomic mass is 32.1. The molecule has 5 nitrogen and oxygen atoms in total. The van der Waals surface area contributed by atoms with Crippen molar-refractivity contribution in [2.45, 2.75) is 0 Å². The van der Waals surface area contributed by atoms with Crippen LogP contribution in [0.1, 0.15) is 0 Å².